The molecule has 0 heterocycles. The van der Waals surface area contributed by atoms with Crippen molar-refractivity contribution in [2.24, 2.45) is 0 Å². The molecule has 0 aliphatic carbocycles. The van der Waals surface area contributed by atoms with Crippen LogP contribution >= 0.6 is 11.8 Å². The van der Waals surface area contributed by atoms with Crippen molar-refractivity contribution in [1.29, 1.82) is 0 Å². The minimum Gasteiger partial charge on any atom is -0.313 e. The Bertz CT molecular complexity index is 325. The van der Waals surface area contributed by atoms with Crippen LogP contribution in [0.3, 0.4) is 0 Å². The number of unbranched alkanes of at least 4 members (excludes halogenated alkanes) is 2. The second-order valence-electron chi connectivity index (χ2n) is 5.02. The van der Waals surface area contributed by atoms with E-state index >= 15 is 0 Å². The fraction of sp³-hybridized carbons (Fsp3) is 0.625. The normalized spacial score (nSPS) is 12.6. The zero-order chi connectivity index (χ0) is 13.2. The SMILES string of the molecule is CCCCCC(C)NCCSc1cccc(C)c1. The highest BCUT2D eigenvalue weighted by Gasteiger charge is 2.00. The molecule has 0 fully saturated rings. The quantitative estimate of drug-likeness (QED) is 0.515. The summed E-state index contributed by atoms with van der Waals surface area (Å²) in [6, 6.07) is 9.41. The minimum absolute atomic E-state index is 0.662. The average molecular weight is 265 g/mol. The molecular weight excluding hydrogens is 238 g/mol. The molecule has 0 aromatic heterocycles. The lowest BCUT2D eigenvalue weighted by Crippen LogP contribution is -2.28. The Morgan fingerprint density at radius 3 is 2.83 bits per heavy atom. The van der Waals surface area contributed by atoms with Gasteiger partial charge in [0.25, 0.3) is 0 Å². The molecule has 102 valence electrons. The highest BCUT2D eigenvalue weighted by molar-refractivity contribution is 7.99. The molecule has 1 unspecified atom stereocenters. The lowest BCUT2D eigenvalue weighted by atomic mass is 10.1. The van der Waals surface area contributed by atoms with Gasteiger partial charge in [0.2, 0.25) is 0 Å². The molecule has 0 bridgehead atoms. The van der Waals surface area contributed by atoms with Crippen LogP contribution in [0.15, 0.2) is 29.2 Å². The summed E-state index contributed by atoms with van der Waals surface area (Å²) in [5, 5.41) is 3.61. The number of nitrogens with one attached hydrogen (secondary N) is 1. The van der Waals surface area contributed by atoms with E-state index in [0.717, 1.165) is 12.3 Å². The Morgan fingerprint density at radius 1 is 1.28 bits per heavy atom. The number of hydrogen-bond acceptors (Lipinski definition) is 2. The van der Waals surface area contributed by atoms with Crippen LogP contribution in [-0.4, -0.2) is 18.3 Å². The van der Waals surface area contributed by atoms with Crippen LogP contribution in [0.25, 0.3) is 0 Å². The third kappa shape index (κ3) is 7.07. The van der Waals surface area contributed by atoms with Gasteiger partial charge in [0.1, 0.15) is 0 Å². The maximum atomic E-state index is 3.61. The van der Waals surface area contributed by atoms with Gasteiger partial charge in [-0.1, -0.05) is 43.9 Å². The molecule has 1 nitrogen and oxygen atoms in total. The van der Waals surface area contributed by atoms with E-state index in [1.165, 1.54) is 36.1 Å². The second kappa shape index (κ2) is 9.46. The van der Waals surface area contributed by atoms with E-state index in [-0.39, 0.29) is 0 Å². The molecule has 1 N–H and O–H groups in total. The van der Waals surface area contributed by atoms with Crippen LogP contribution in [0.2, 0.25) is 0 Å². The molecule has 1 atom stereocenters. The molecule has 0 radical (unpaired) electrons. The second-order valence-corrected chi connectivity index (χ2v) is 6.18. The number of rotatable bonds is 9. The van der Waals surface area contributed by atoms with Crippen molar-refractivity contribution in [3.63, 3.8) is 0 Å². The Morgan fingerprint density at radius 2 is 2.11 bits per heavy atom. The van der Waals surface area contributed by atoms with Crippen molar-refractivity contribution in [2.45, 2.75) is 57.4 Å². The minimum atomic E-state index is 0.662. The largest absolute Gasteiger partial charge is 0.313 e. The number of benzene rings is 1. The predicted molar refractivity (Wildman–Crippen MR) is 83.5 cm³/mol. The van der Waals surface area contributed by atoms with Crippen LogP contribution in [0, 0.1) is 6.92 Å². The first-order chi connectivity index (χ1) is 8.72. The van der Waals surface area contributed by atoms with Crippen LogP contribution in [0.4, 0.5) is 0 Å². The molecule has 1 aromatic rings. The molecule has 0 aliphatic rings. The number of thioether (sulfide) groups is 1. The van der Waals surface area contributed by atoms with Crippen molar-refractivity contribution in [3.8, 4) is 0 Å². The molecular formula is C16H27NS. The van der Waals surface area contributed by atoms with E-state index in [2.05, 4.69) is 50.4 Å². The van der Waals surface area contributed by atoms with Gasteiger partial charge < -0.3 is 5.32 Å². The topological polar surface area (TPSA) is 12.0 Å². The van der Waals surface area contributed by atoms with Crippen molar-refractivity contribution in [3.05, 3.63) is 29.8 Å². The van der Waals surface area contributed by atoms with Gasteiger partial charge in [-0.05, 0) is 32.4 Å². The fourth-order valence-corrected chi connectivity index (χ4v) is 2.88. The van der Waals surface area contributed by atoms with E-state index in [1.54, 1.807) is 0 Å². The monoisotopic (exact) mass is 265 g/mol. The van der Waals surface area contributed by atoms with Gasteiger partial charge in [-0.15, -0.1) is 11.8 Å². The summed E-state index contributed by atoms with van der Waals surface area (Å²) < 4.78 is 0. The number of hydrogen-bond donors (Lipinski definition) is 1. The Kier molecular flexibility index (Phi) is 8.19. The fourth-order valence-electron chi connectivity index (χ4n) is 1.98. The molecule has 0 saturated heterocycles. The van der Waals surface area contributed by atoms with Crippen molar-refractivity contribution in [2.75, 3.05) is 12.3 Å². The highest BCUT2D eigenvalue weighted by atomic mass is 32.2. The summed E-state index contributed by atoms with van der Waals surface area (Å²) in [7, 11) is 0. The maximum Gasteiger partial charge on any atom is 0.0106 e. The van der Waals surface area contributed by atoms with Crippen molar-refractivity contribution in [1.82, 2.24) is 5.32 Å². The lowest BCUT2D eigenvalue weighted by molar-refractivity contribution is 0.502. The van der Waals surface area contributed by atoms with Gasteiger partial charge in [0, 0.05) is 23.2 Å². The molecule has 1 rings (SSSR count). The van der Waals surface area contributed by atoms with Crippen LogP contribution in [0.1, 0.15) is 45.1 Å². The zero-order valence-electron chi connectivity index (χ0n) is 12.0. The lowest BCUT2D eigenvalue weighted by Gasteiger charge is -2.13. The van der Waals surface area contributed by atoms with Crippen molar-refractivity contribution < 1.29 is 0 Å². The molecule has 0 saturated carbocycles. The Labute approximate surface area is 117 Å². The molecule has 18 heavy (non-hydrogen) atoms. The average Bonchev–Trinajstić information content (AvgIpc) is 2.35. The summed E-state index contributed by atoms with van der Waals surface area (Å²) in [6.45, 7) is 7.81. The van der Waals surface area contributed by atoms with Crippen LogP contribution in [0.5, 0.6) is 0 Å². The van der Waals surface area contributed by atoms with Gasteiger partial charge in [-0.3, -0.25) is 0 Å². The van der Waals surface area contributed by atoms with Gasteiger partial charge in [-0.25, -0.2) is 0 Å². The summed E-state index contributed by atoms with van der Waals surface area (Å²) in [5.74, 6) is 1.15. The molecule has 0 aliphatic heterocycles. The van der Waals surface area contributed by atoms with Crippen LogP contribution in [-0.2, 0) is 0 Å². The predicted octanol–water partition coefficient (Wildman–Crippen LogP) is 4.65. The molecule has 1 aromatic carbocycles. The summed E-state index contributed by atoms with van der Waals surface area (Å²) in [6.07, 6.45) is 5.35. The van der Waals surface area contributed by atoms with E-state index in [1.807, 2.05) is 11.8 Å². The van der Waals surface area contributed by atoms with Gasteiger partial charge >= 0.3 is 0 Å². The summed E-state index contributed by atoms with van der Waals surface area (Å²) >= 11 is 1.94. The van der Waals surface area contributed by atoms with Gasteiger partial charge in [0.15, 0.2) is 0 Å². The third-order valence-corrected chi connectivity index (χ3v) is 4.09. The van der Waals surface area contributed by atoms with E-state index in [4.69, 9.17) is 0 Å². The summed E-state index contributed by atoms with van der Waals surface area (Å²) in [4.78, 5) is 1.38. The van der Waals surface area contributed by atoms with E-state index in [9.17, 15) is 0 Å². The Balaban J connectivity index is 2.07. The first kappa shape index (κ1) is 15.6. The molecule has 0 amide bonds. The smallest absolute Gasteiger partial charge is 0.0106 e. The summed E-state index contributed by atoms with van der Waals surface area (Å²) in [5.41, 5.74) is 1.35. The molecule has 0 spiro atoms. The third-order valence-electron chi connectivity index (χ3n) is 3.09. The van der Waals surface area contributed by atoms with Gasteiger partial charge in [0.05, 0.1) is 0 Å². The highest BCUT2D eigenvalue weighted by Crippen LogP contribution is 2.18. The van der Waals surface area contributed by atoms with Gasteiger partial charge in [-0.2, -0.15) is 0 Å². The standard InChI is InChI=1S/C16H27NS/c1-4-5-6-9-15(3)17-11-12-18-16-10-7-8-14(2)13-16/h7-8,10,13,15,17H,4-6,9,11-12H2,1-3H3. The number of aryl methyl sites for hydroxylation is 1. The Hall–Kier alpha value is -0.470. The van der Waals surface area contributed by atoms with E-state index < -0.39 is 0 Å². The van der Waals surface area contributed by atoms with Crippen molar-refractivity contribution >= 4 is 11.8 Å². The van der Waals surface area contributed by atoms with Crippen LogP contribution < -0.4 is 5.32 Å². The zero-order valence-corrected chi connectivity index (χ0v) is 12.9. The maximum absolute atomic E-state index is 3.61. The van der Waals surface area contributed by atoms with E-state index in [0.29, 0.717) is 6.04 Å². The first-order valence-electron chi connectivity index (χ1n) is 7.15. The first-order valence-corrected chi connectivity index (χ1v) is 8.13. The molecule has 2 heteroatoms.